The van der Waals surface area contributed by atoms with Crippen LogP contribution in [0.2, 0.25) is 0 Å². The fourth-order valence-electron chi connectivity index (χ4n) is 4.03. The van der Waals surface area contributed by atoms with Crippen LogP contribution in [-0.4, -0.2) is 47.5 Å². The standard InChI is InChI=1S/C24H26N6O2/c1-15-5-6-16-11-30(23(26)21(16)28-15)12-20(31)17-9-18(24(2,3)4)22-19(10-17)29(7-8-32-22)14-27-13-25/h5-6,9-10,14,26H,7-8,11-12H2,1-4H3. The van der Waals surface area contributed by atoms with E-state index >= 15 is 0 Å². The molecule has 0 radical (unpaired) electrons. The van der Waals surface area contributed by atoms with Gasteiger partial charge in [-0.2, -0.15) is 10.3 Å². The molecule has 32 heavy (non-hydrogen) atoms. The summed E-state index contributed by atoms with van der Waals surface area (Å²) < 4.78 is 5.98. The number of carbonyl (C=O) groups is 1. The Kier molecular flexibility index (Phi) is 5.43. The number of amidine groups is 1. The normalized spacial score (nSPS) is 15.4. The fourth-order valence-corrected chi connectivity index (χ4v) is 4.03. The van der Waals surface area contributed by atoms with E-state index in [9.17, 15) is 4.79 Å². The molecule has 8 heteroatoms. The lowest BCUT2D eigenvalue weighted by Gasteiger charge is -2.33. The first-order valence-corrected chi connectivity index (χ1v) is 10.5. The van der Waals surface area contributed by atoms with Gasteiger partial charge in [-0.05, 0) is 30.5 Å². The summed E-state index contributed by atoms with van der Waals surface area (Å²) in [5.74, 6) is 0.901. The van der Waals surface area contributed by atoms with E-state index < -0.39 is 0 Å². The van der Waals surface area contributed by atoms with Crippen molar-refractivity contribution in [2.45, 2.75) is 39.7 Å². The smallest absolute Gasteiger partial charge is 0.207 e. The number of fused-ring (bicyclic) bond motifs is 2. The summed E-state index contributed by atoms with van der Waals surface area (Å²) >= 11 is 0. The molecule has 0 saturated carbocycles. The minimum absolute atomic E-state index is 0.0871. The summed E-state index contributed by atoms with van der Waals surface area (Å²) in [6, 6.07) is 7.58. The maximum Gasteiger partial charge on any atom is 0.207 e. The summed E-state index contributed by atoms with van der Waals surface area (Å²) in [4.78, 5) is 25.1. The van der Waals surface area contributed by atoms with Crippen LogP contribution in [0.15, 0.2) is 29.3 Å². The van der Waals surface area contributed by atoms with Crippen molar-refractivity contribution < 1.29 is 9.53 Å². The van der Waals surface area contributed by atoms with Crippen LogP contribution in [0.4, 0.5) is 5.69 Å². The quantitative estimate of drug-likeness (QED) is 0.345. The Hall–Kier alpha value is -3.73. The van der Waals surface area contributed by atoms with Gasteiger partial charge in [0.25, 0.3) is 0 Å². The maximum absolute atomic E-state index is 13.3. The van der Waals surface area contributed by atoms with Gasteiger partial charge in [0, 0.05) is 28.9 Å². The number of nitriles is 1. The van der Waals surface area contributed by atoms with Gasteiger partial charge in [-0.25, -0.2) is 4.98 Å². The van der Waals surface area contributed by atoms with Crippen LogP contribution in [0, 0.1) is 23.8 Å². The molecule has 2 aliphatic heterocycles. The van der Waals surface area contributed by atoms with Gasteiger partial charge in [-0.1, -0.05) is 26.8 Å². The van der Waals surface area contributed by atoms with E-state index in [1.54, 1.807) is 17.2 Å². The molecule has 0 atom stereocenters. The molecule has 0 aliphatic carbocycles. The molecule has 0 fully saturated rings. The van der Waals surface area contributed by atoms with Gasteiger partial charge in [0.1, 0.15) is 30.2 Å². The number of nitrogens with zero attached hydrogens (tertiary/aromatic N) is 5. The van der Waals surface area contributed by atoms with Gasteiger partial charge in [0.2, 0.25) is 6.19 Å². The Morgan fingerprint density at radius 1 is 1.38 bits per heavy atom. The van der Waals surface area contributed by atoms with E-state index in [-0.39, 0.29) is 23.6 Å². The molecule has 0 bridgehead atoms. The minimum atomic E-state index is -0.256. The van der Waals surface area contributed by atoms with E-state index in [0.29, 0.717) is 36.7 Å². The average Bonchev–Trinajstić information content (AvgIpc) is 3.05. The van der Waals surface area contributed by atoms with Crippen molar-refractivity contribution in [1.82, 2.24) is 9.88 Å². The zero-order valence-electron chi connectivity index (χ0n) is 18.8. The van der Waals surface area contributed by atoms with E-state index in [4.69, 9.17) is 15.4 Å². The number of carbonyl (C=O) groups excluding carboxylic acids is 1. The number of ether oxygens (including phenoxy) is 1. The Labute approximate surface area is 187 Å². The van der Waals surface area contributed by atoms with Gasteiger partial charge in [0.15, 0.2) is 5.78 Å². The third kappa shape index (κ3) is 3.94. The highest BCUT2D eigenvalue weighted by Gasteiger charge is 2.31. The second-order valence-corrected chi connectivity index (χ2v) is 9.10. The molecule has 4 rings (SSSR count). The number of anilines is 1. The summed E-state index contributed by atoms with van der Waals surface area (Å²) in [7, 11) is 0. The molecule has 164 valence electrons. The number of pyridine rings is 1. The van der Waals surface area contributed by atoms with Crippen molar-refractivity contribution in [2.24, 2.45) is 4.99 Å². The number of ketones is 1. The lowest BCUT2D eigenvalue weighted by molar-refractivity contribution is 0.0962. The Morgan fingerprint density at radius 3 is 2.88 bits per heavy atom. The number of benzene rings is 1. The molecule has 8 nitrogen and oxygen atoms in total. The molecule has 1 aromatic carbocycles. The van der Waals surface area contributed by atoms with Gasteiger partial charge in [-0.3, -0.25) is 10.2 Å². The molecule has 2 aromatic rings. The first-order chi connectivity index (χ1) is 15.2. The van der Waals surface area contributed by atoms with Crippen molar-refractivity contribution in [3.63, 3.8) is 0 Å². The molecule has 1 aromatic heterocycles. The van der Waals surface area contributed by atoms with Crippen molar-refractivity contribution in [1.29, 1.82) is 10.7 Å². The third-order valence-electron chi connectivity index (χ3n) is 5.70. The highest BCUT2D eigenvalue weighted by atomic mass is 16.5. The number of aromatic nitrogens is 1. The van der Waals surface area contributed by atoms with Crippen molar-refractivity contribution in [3.05, 3.63) is 52.3 Å². The van der Waals surface area contributed by atoms with Crippen LogP contribution in [0.3, 0.4) is 0 Å². The first-order valence-electron chi connectivity index (χ1n) is 10.5. The molecular formula is C24H26N6O2. The second-order valence-electron chi connectivity index (χ2n) is 9.10. The monoisotopic (exact) mass is 430 g/mol. The number of nitrogens with one attached hydrogen (secondary N) is 1. The van der Waals surface area contributed by atoms with Crippen LogP contribution in [0.5, 0.6) is 5.75 Å². The van der Waals surface area contributed by atoms with Gasteiger partial charge >= 0.3 is 0 Å². The third-order valence-corrected chi connectivity index (χ3v) is 5.70. The zero-order chi connectivity index (χ0) is 23.0. The number of aliphatic imine (C=N–C) groups is 1. The second kappa shape index (κ2) is 8.08. The number of aryl methyl sites for hydroxylation is 1. The first kappa shape index (κ1) is 21.5. The van der Waals surface area contributed by atoms with Gasteiger partial charge in [0.05, 0.1) is 18.8 Å². The Bertz CT molecular complexity index is 1170. The lowest BCUT2D eigenvalue weighted by atomic mass is 9.84. The van der Waals surface area contributed by atoms with Crippen LogP contribution in [0.1, 0.15) is 53.6 Å². The number of hydrogen-bond donors (Lipinski definition) is 1. The predicted octanol–water partition coefficient (Wildman–Crippen LogP) is 3.42. The Balaban J connectivity index is 1.68. The average molecular weight is 431 g/mol. The molecule has 0 saturated heterocycles. The van der Waals surface area contributed by atoms with Crippen LogP contribution in [0.25, 0.3) is 0 Å². The van der Waals surface area contributed by atoms with Crippen LogP contribution < -0.4 is 9.64 Å². The number of rotatable bonds is 4. The molecule has 0 spiro atoms. The topological polar surface area (TPSA) is 106 Å². The van der Waals surface area contributed by atoms with Crippen LogP contribution in [-0.2, 0) is 12.0 Å². The number of hydrogen-bond acceptors (Lipinski definition) is 6. The molecule has 0 amide bonds. The van der Waals surface area contributed by atoms with E-state index in [1.807, 2.05) is 30.0 Å². The summed E-state index contributed by atoms with van der Waals surface area (Å²) in [6.07, 6.45) is 3.25. The van der Waals surface area contributed by atoms with E-state index in [2.05, 4.69) is 30.7 Å². The summed E-state index contributed by atoms with van der Waals surface area (Å²) in [5, 5.41) is 17.3. The summed E-state index contributed by atoms with van der Waals surface area (Å²) in [6.45, 7) is 9.70. The minimum Gasteiger partial charge on any atom is -0.489 e. The van der Waals surface area contributed by atoms with E-state index in [1.165, 1.54) is 6.34 Å². The van der Waals surface area contributed by atoms with Gasteiger partial charge in [-0.15, -0.1) is 0 Å². The van der Waals surface area contributed by atoms with Gasteiger partial charge < -0.3 is 14.5 Å². The van der Waals surface area contributed by atoms with Crippen molar-refractivity contribution >= 4 is 23.6 Å². The highest BCUT2D eigenvalue weighted by molar-refractivity contribution is 6.05. The SMILES string of the molecule is Cc1ccc2c(n1)C(=N)N(CC(=O)c1cc3c(c(C(C)(C)C)c1)OCCN3C=NC#N)C2. The highest BCUT2D eigenvalue weighted by Crippen LogP contribution is 2.41. The molecule has 0 unspecified atom stereocenters. The molecule has 2 aliphatic rings. The molecule has 3 heterocycles. The van der Waals surface area contributed by atoms with Crippen molar-refractivity contribution in [3.8, 4) is 11.9 Å². The Morgan fingerprint density at radius 2 is 2.16 bits per heavy atom. The maximum atomic E-state index is 13.3. The lowest BCUT2D eigenvalue weighted by Crippen LogP contribution is -2.34. The predicted molar refractivity (Wildman–Crippen MR) is 123 cm³/mol. The number of Topliss-reactive ketones (excluding diaryl/α,β-unsaturated/α-hetero) is 1. The van der Waals surface area contributed by atoms with E-state index in [0.717, 1.165) is 22.5 Å². The fraction of sp³-hybridized carbons (Fsp3) is 0.375. The van der Waals surface area contributed by atoms with Crippen molar-refractivity contribution in [2.75, 3.05) is 24.6 Å². The molecular weight excluding hydrogens is 404 g/mol. The van der Waals surface area contributed by atoms with Crippen LogP contribution >= 0.6 is 0 Å². The zero-order valence-corrected chi connectivity index (χ0v) is 18.8. The molecule has 1 N–H and O–H groups in total. The summed E-state index contributed by atoms with van der Waals surface area (Å²) in [5.41, 5.74) is 4.39. The largest absolute Gasteiger partial charge is 0.489 e.